The van der Waals surface area contributed by atoms with Crippen molar-refractivity contribution < 1.29 is 19.1 Å². The molecule has 0 saturated carbocycles. The van der Waals surface area contributed by atoms with Gasteiger partial charge in [0, 0.05) is 22.4 Å². The molecule has 1 heterocycles. The zero-order valence-corrected chi connectivity index (χ0v) is 22.3. The number of nitrogens with one attached hydrogen (secondary N) is 2. The van der Waals surface area contributed by atoms with Gasteiger partial charge in [-0.1, -0.05) is 43.3 Å². The third-order valence-corrected chi connectivity index (χ3v) is 8.79. The number of esters is 1. The van der Waals surface area contributed by atoms with Gasteiger partial charge < -0.3 is 15.4 Å². The van der Waals surface area contributed by atoms with Crippen LogP contribution in [0.5, 0.6) is 0 Å². The minimum atomic E-state index is -0.412. The number of benzene rings is 2. The number of anilines is 2. The van der Waals surface area contributed by atoms with Gasteiger partial charge in [0.05, 0.1) is 17.9 Å². The molecular formula is C28H30N2O4S2. The summed E-state index contributed by atoms with van der Waals surface area (Å²) in [5.74, 6) is -0.324. The van der Waals surface area contributed by atoms with Crippen LogP contribution in [0, 0.1) is 0 Å². The number of rotatable bonds is 8. The standard InChI is InChI=1S/C28H30N2O4S2/c1-4-23(35-21-12-8-11-20(16-21)29-17(2)31)26(32)30-27-25(28(33)34-3)22-14-13-19(15-24(22)36-27)18-9-6-5-7-10-18/h5-12,16,19,23H,4,13-15H2,1-3H3,(H,29,31)(H,30,32). The minimum absolute atomic E-state index is 0.145. The lowest BCUT2D eigenvalue weighted by Crippen LogP contribution is -2.25. The molecule has 0 fully saturated rings. The Morgan fingerprint density at radius 1 is 1.11 bits per heavy atom. The van der Waals surface area contributed by atoms with Crippen LogP contribution in [0.25, 0.3) is 0 Å². The zero-order valence-electron chi connectivity index (χ0n) is 20.6. The zero-order chi connectivity index (χ0) is 25.7. The molecule has 2 aromatic carbocycles. The van der Waals surface area contributed by atoms with E-state index in [0.29, 0.717) is 28.6 Å². The Morgan fingerprint density at radius 3 is 2.58 bits per heavy atom. The van der Waals surface area contributed by atoms with E-state index >= 15 is 0 Å². The van der Waals surface area contributed by atoms with Gasteiger partial charge in [-0.3, -0.25) is 9.59 Å². The van der Waals surface area contributed by atoms with Gasteiger partial charge in [0.2, 0.25) is 11.8 Å². The average molecular weight is 523 g/mol. The number of methoxy groups -OCH3 is 1. The third kappa shape index (κ3) is 5.99. The molecule has 36 heavy (non-hydrogen) atoms. The van der Waals surface area contributed by atoms with Gasteiger partial charge in [0.15, 0.2) is 0 Å². The van der Waals surface area contributed by atoms with Crippen LogP contribution < -0.4 is 10.6 Å². The molecular weight excluding hydrogens is 492 g/mol. The third-order valence-electron chi connectivity index (χ3n) is 6.26. The van der Waals surface area contributed by atoms with E-state index in [0.717, 1.165) is 34.6 Å². The molecule has 1 aliphatic rings. The quantitative estimate of drug-likeness (QED) is 0.269. The van der Waals surface area contributed by atoms with Gasteiger partial charge in [0.25, 0.3) is 0 Å². The van der Waals surface area contributed by atoms with Crippen molar-refractivity contribution in [1.29, 1.82) is 0 Å². The molecule has 1 aromatic heterocycles. The SMILES string of the molecule is CCC(Sc1cccc(NC(C)=O)c1)C(=O)Nc1sc2c(c1C(=O)OC)CCC(c1ccccc1)C2. The Balaban J connectivity index is 1.54. The number of hydrogen-bond donors (Lipinski definition) is 2. The van der Waals surface area contributed by atoms with Gasteiger partial charge in [-0.2, -0.15) is 0 Å². The van der Waals surface area contributed by atoms with Crippen molar-refractivity contribution in [3.63, 3.8) is 0 Å². The maximum Gasteiger partial charge on any atom is 0.341 e. The summed E-state index contributed by atoms with van der Waals surface area (Å²) in [5, 5.41) is 6.02. The largest absolute Gasteiger partial charge is 0.465 e. The summed E-state index contributed by atoms with van der Waals surface area (Å²) >= 11 is 2.92. The predicted octanol–water partition coefficient (Wildman–Crippen LogP) is 6.28. The summed E-state index contributed by atoms with van der Waals surface area (Å²) in [6.07, 6.45) is 3.16. The molecule has 6 nitrogen and oxygen atoms in total. The Labute approximate surface area is 219 Å². The molecule has 2 atom stereocenters. The summed E-state index contributed by atoms with van der Waals surface area (Å²) in [5.41, 5.74) is 3.48. The second kappa shape index (κ2) is 11.8. The van der Waals surface area contributed by atoms with Crippen LogP contribution in [0.2, 0.25) is 0 Å². The number of fused-ring (bicyclic) bond motifs is 1. The summed E-state index contributed by atoms with van der Waals surface area (Å²) in [7, 11) is 1.38. The number of ether oxygens (including phenoxy) is 1. The molecule has 1 aliphatic carbocycles. The Kier molecular flexibility index (Phi) is 8.48. The summed E-state index contributed by atoms with van der Waals surface area (Å²) in [6.45, 7) is 3.42. The maximum absolute atomic E-state index is 13.3. The molecule has 2 amide bonds. The van der Waals surface area contributed by atoms with Crippen LogP contribution in [0.15, 0.2) is 59.5 Å². The van der Waals surface area contributed by atoms with Gasteiger partial charge in [-0.25, -0.2) is 4.79 Å². The number of amides is 2. The van der Waals surface area contributed by atoms with Crippen LogP contribution in [0.3, 0.4) is 0 Å². The Morgan fingerprint density at radius 2 is 1.89 bits per heavy atom. The molecule has 4 rings (SSSR count). The summed E-state index contributed by atoms with van der Waals surface area (Å²) < 4.78 is 5.10. The van der Waals surface area contributed by atoms with Crippen molar-refractivity contribution in [3.8, 4) is 0 Å². The van der Waals surface area contributed by atoms with Gasteiger partial charge in [-0.15, -0.1) is 23.1 Å². The highest BCUT2D eigenvalue weighted by Crippen LogP contribution is 2.43. The Bertz CT molecular complexity index is 1260. The first-order chi connectivity index (χ1) is 17.4. The number of carbonyl (C=O) groups is 3. The molecule has 0 spiro atoms. The molecule has 188 valence electrons. The molecule has 0 saturated heterocycles. The number of hydrogen-bond acceptors (Lipinski definition) is 6. The lowest BCUT2D eigenvalue weighted by molar-refractivity contribution is -0.116. The lowest BCUT2D eigenvalue weighted by atomic mass is 9.83. The van der Waals surface area contributed by atoms with E-state index in [9.17, 15) is 14.4 Å². The number of thiophene rings is 1. The molecule has 8 heteroatoms. The van der Waals surface area contributed by atoms with E-state index in [1.807, 2.05) is 37.3 Å². The normalized spacial score (nSPS) is 15.5. The van der Waals surface area contributed by atoms with E-state index in [4.69, 9.17) is 4.74 Å². The number of carbonyl (C=O) groups excluding carboxylic acids is 3. The topological polar surface area (TPSA) is 84.5 Å². The minimum Gasteiger partial charge on any atom is -0.465 e. The molecule has 0 aliphatic heterocycles. The van der Waals surface area contributed by atoms with Crippen LogP contribution in [0.4, 0.5) is 10.7 Å². The van der Waals surface area contributed by atoms with E-state index in [2.05, 4.69) is 34.9 Å². The highest BCUT2D eigenvalue weighted by atomic mass is 32.2. The van der Waals surface area contributed by atoms with Crippen molar-refractivity contribution in [3.05, 3.63) is 76.2 Å². The fourth-order valence-corrected chi connectivity index (χ4v) is 6.86. The van der Waals surface area contributed by atoms with Gasteiger partial charge >= 0.3 is 5.97 Å². The van der Waals surface area contributed by atoms with E-state index < -0.39 is 5.97 Å². The van der Waals surface area contributed by atoms with Crippen LogP contribution in [-0.4, -0.2) is 30.1 Å². The maximum atomic E-state index is 13.3. The number of thioether (sulfide) groups is 1. The van der Waals surface area contributed by atoms with Crippen LogP contribution in [0.1, 0.15) is 59.0 Å². The van der Waals surface area contributed by atoms with Crippen LogP contribution in [-0.2, 0) is 27.2 Å². The smallest absolute Gasteiger partial charge is 0.341 e. The first-order valence-electron chi connectivity index (χ1n) is 12.0. The monoisotopic (exact) mass is 522 g/mol. The molecule has 0 bridgehead atoms. The van der Waals surface area contributed by atoms with Crippen molar-refractivity contribution in [2.75, 3.05) is 17.7 Å². The average Bonchev–Trinajstić information content (AvgIpc) is 3.24. The highest BCUT2D eigenvalue weighted by Gasteiger charge is 2.31. The predicted molar refractivity (Wildman–Crippen MR) is 146 cm³/mol. The molecule has 2 unspecified atom stereocenters. The van der Waals surface area contributed by atoms with E-state index in [1.165, 1.54) is 42.7 Å². The van der Waals surface area contributed by atoms with Gasteiger partial charge in [0.1, 0.15) is 5.00 Å². The summed E-state index contributed by atoms with van der Waals surface area (Å²) in [6, 6.07) is 17.9. The highest BCUT2D eigenvalue weighted by molar-refractivity contribution is 8.00. The van der Waals surface area contributed by atoms with Crippen molar-refractivity contribution in [2.45, 2.75) is 55.6 Å². The fraction of sp³-hybridized carbons (Fsp3) is 0.321. The molecule has 2 N–H and O–H groups in total. The molecule has 0 radical (unpaired) electrons. The fourth-order valence-electron chi connectivity index (χ4n) is 4.53. The summed E-state index contributed by atoms with van der Waals surface area (Å²) in [4.78, 5) is 39.5. The second-order valence-corrected chi connectivity index (χ2v) is 11.1. The van der Waals surface area contributed by atoms with E-state index in [-0.39, 0.29) is 17.1 Å². The lowest BCUT2D eigenvalue weighted by Gasteiger charge is -2.22. The first kappa shape index (κ1) is 26.0. The second-order valence-electron chi connectivity index (χ2n) is 8.76. The van der Waals surface area contributed by atoms with Crippen molar-refractivity contribution in [2.24, 2.45) is 0 Å². The molecule has 3 aromatic rings. The van der Waals surface area contributed by atoms with E-state index in [1.54, 1.807) is 0 Å². The van der Waals surface area contributed by atoms with Crippen molar-refractivity contribution in [1.82, 2.24) is 0 Å². The van der Waals surface area contributed by atoms with Crippen molar-refractivity contribution >= 4 is 51.6 Å². The van der Waals surface area contributed by atoms with Gasteiger partial charge in [-0.05, 0) is 60.9 Å². The van der Waals surface area contributed by atoms with Crippen LogP contribution >= 0.6 is 23.1 Å². The first-order valence-corrected chi connectivity index (χ1v) is 13.7. The Hall–Kier alpha value is -3.10.